The van der Waals surface area contributed by atoms with Gasteiger partial charge in [-0.1, -0.05) is 0 Å². The molecule has 0 bridgehead atoms. The average molecular weight is 270 g/mol. The van der Waals surface area contributed by atoms with E-state index in [4.69, 9.17) is 0 Å². The number of hydrogen-bond acceptors (Lipinski definition) is 6. The fourth-order valence-electron chi connectivity index (χ4n) is 1.54. The van der Waals surface area contributed by atoms with Gasteiger partial charge in [0.25, 0.3) is 0 Å². The summed E-state index contributed by atoms with van der Waals surface area (Å²) in [6.07, 6.45) is 2.01. The van der Waals surface area contributed by atoms with Crippen molar-refractivity contribution in [1.82, 2.24) is 4.98 Å². The Morgan fingerprint density at radius 3 is 2.78 bits per heavy atom. The fourth-order valence-corrected chi connectivity index (χ4v) is 2.25. The molecule has 0 aromatic carbocycles. The van der Waals surface area contributed by atoms with E-state index in [9.17, 15) is 10.1 Å². The molecule has 0 aliphatic carbocycles. The van der Waals surface area contributed by atoms with Crippen LogP contribution in [0.5, 0.6) is 0 Å². The van der Waals surface area contributed by atoms with Gasteiger partial charge in [-0.15, -0.1) is 0 Å². The molecule has 0 saturated carbocycles. The molecule has 0 radical (unpaired) electrons. The van der Waals surface area contributed by atoms with Crippen molar-refractivity contribution in [3.63, 3.8) is 0 Å². The number of nitrogens with zero attached hydrogens (tertiary/aromatic N) is 3. The van der Waals surface area contributed by atoms with Crippen LogP contribution >= 0.6 is 11.8 Å². The zero-order valence-electron chi connectivity index (χ0n) is 11.0. The highest BCUT2D eigenvalue weighted by atomic mass is 32.2. The topological polar surface area (TPSA) is 71.3 Å². The van der Waals surface area contributed by atoms with Crippen molar-refractivity contribution in [1.29, 1.82) is 0 Å². The summed E-state index contributed by atoms with van der Waals surface area (Å²) in [5.74, 6) is 1.91. The van der Waals surface area contributed by atoms with Crippen LogP contribution in [0, 0.1) is 10.1 Å². The van der Waals surface area contributed by atoms with E-state index >= 15 is 0 Å². The molecule has 100 valence electrons. The molecule has 0 fully saturated rings. The second-order valence-electron chi connectivity index (χ2n) is 3.96. The number of anilines is 2. The van der Waals surface area contributed by atoms with Gasteiger partial charge in [-0.2, -0.15) is 11.8 Å². The van der Waals surface area contributed by atoms with Crippen molar-refractivity contribution in [3.05, 3.63) is 22.2 Å². The van der Waals surface area contributed by atoms with E-state index in [1.807, 2.05) is 25.1 Å². The quantitative estimate of drug-likeness (QED) is 0.631. The van der Waals surface area contributed by atoms with Crippen LogP contribution in [0.1, 0.15) is 6.92 Å². The van der Waals surface area contributed by atoms with E-state index < -0.39 is 4.92 Å². The van der Waals surface area contributed by atoms with Gasteiger partial charge >= 0.3 is 5.69 Å². The Labute approximate surface area is 111 Å². The molecule has 6 nitrogen and oxygen atoms in total. The smallest absolute Gasteiger partial charge is 0.311 e. The van der Waals surface area contributed by atoms with Gasteiger partial charge in [0.15, 0.2) is 0 Å². The summed E-state index contributed by atoms with van der Waals surface area (Å²) in [6.45, 7) is 2.02. The Kier molecular flexibility index (Phi) is 5.21. The highest BCUT2D eigenvalue weighted by Gasteiger charge is 2.22. The van der Waals surface area contributed by atoms with Gasteiger partial charge in [-0.05, 0) is 19.2 Å². The number of thioether (sulfide) groups is 1. The van der Waals surface area contributed by atoms with E-state index in [0.717, 1.165) is 5.75 Å². The summed E-state index contributed by atoms with van der Waals surface area (Å²) < 4.78 is 0. The predicted octanol–water partition coefficient (Wildman–Crippen LogP) is 2.22. The van der Waals surface area contributed by atoms with Crippen LogP contribution < -0.4 is 10.2 Å². The first-order valence-electron chi connectivity index (χ1n) is 5.56. The van der Waals surface area contributed by atoms with Crippen LogP contribution in [-0.2, 0) is 0 Å². The third kappa shape index (κ3) is 3.25. The molecule has 1 atom stereocenters. The molecular formula is C11H18N4O2S. The van der Waals surface area contributed by atoms with Crippen molar-refractivity contribution in [2.45, 2.75) is 13.0 Å². The Morgan fingerprint density at radius 1 is 1.61 bits per heavy atom. The Balaban J connectivity index is 3.14. The summed E-state index contributed by atoms with van der Waals surface area (Å²) in [7, 11) is 3.57. The minimum absolute atomic E-state index is 0.0319. The average Bonchev–Trinajstić information content (AvgIpc) is 2.37. The number of nitrogens with one attached hydrogen (secondary N) is 1. The van der Waals surface area contributed by atoms with Crippen LogP contribution in [0.3, 0.4) is 0 Å². The third-order valence-electron chi connectivity index (χ3n) is 2.71. The first-order chi connectivity index (χ1) is 8.51. The van der Waals surface area contributed by atoms with Crippen LogP contribution in [0.2, 0.25) is 0 Å². The van der Waals surface area contributed by atoms with Gasteiger partial charge in [0.05, 0.1) is 4.92 Å². The summed E-state index contributed by atoms with van der Waals surface area (Å²) >= 11 is 1.70. The summed E-state index contributed by atoms with van der Waals surface area (Å²) in [4.78, 5) is 16.7. The Bertz CT molecular complexity index is 428. The lowest BCUT2D eigenvalue weighted by Gasteiger charge is -2.25. The zero-order valence-corrected chi connectivity index (χ0v) is 11.8. The molecule has 18 heavy (non-hydrogen) atoms. The molecule has 1 N–H and O–H groups in total. The maximum absolute atomic E-state index is 11.0. The van der Waals surface area contributed by atoms with Crippen LogP contribution in [0.4, 0.5) is 17.3 Å². The van der Waals surface area contributed by atoms with Crippen LogP contribution in [0.15, 0.2) is 12.1 Å². The molecular weight excluding hydrogens is 252 g/mol. The minimum Gasteiger partial charge on any atom is -0.373 e. The van der Waals surface area contributed by atoms with Gasteiger partial charge in [0, 0.05) is 32.0 Å². The van der Waals surface area contributed by atoms with Gasteiger partial charge in [0.2, 0.25) is 5.82 Å². The SMILES string of the molecule is CNc1ccc([N+](=O)[O-])c(N(C)C(C)CSC)n1. The van der Waals surface area contributed by atoms with Crippen molar-refractivity contribution < 1.29 is 4.92 Å². The lowest BCUT2D eigenvalue weighted by Crippen LogP contribution is -2.32. The molecule has 0 aliphatic rings. The van der Waals surface area contributed by atoms with Gasteiger partial charge in [0.1, 0.15) is 5.82 Å². The van der Waals surface area contributed by atoms with E-state index in [1.54, 1.807) is 24.9 Å². The number of nitro groups is 1. The van der Waals surface area contributed by atoms with Crippen LogP contribution in [0.25, 0.3) is 0 Å². The monoisotopic (exact) mass is 270 g/mol. The second kappa shape index (κ2) is 6.44. The molecule has 0 amide bonds. The van der Waals surface area contributed by atoms with Crippen molar-refractivity contribution in [2.24, 2.45) is 0 Å². The summed E-state index contributed by atoms with van der Waals surface area (Å²) in [5, 5.41) is 13.9. The number of pyridine rings is 1. The van der Waals surface area contributed by atoms with E-state index in [-0.39, 0.29) is 11.7 Å². The lowest BCUT2D eigenvalue weighted by atomic mass is 10.3. The van der Waals surface area contributed by atoms with E-state index in [2.05, 4.69) is 10.3 Å². The Morgan fingerprint density at radius 2 is 2.28 bits per heavy atom. The first-order valence-corrected chi connectivity index (χ1v) is 6.95. The molecule has 1 rings (SSSR count). The molecule has 1 aromatic heterocycles. The third-order valence-corrected chi connectivity index (χ3v) is 3.53. The van der Waals surface area contributed by atoms with Crippen molar-refractivity contribution >= 4 is 29.1 Å². The molecule has 1 aromatic rings. The largest absolute Gasteiger partial charge is 0.373 e. The van der Waals surface area contributed by atoms with E-state index in [0.29, 0.717) is 11.6 Å². The molecule has 0 aliphatic heterocycles. The molecule has 1 heterocycles. The number of rotatable bonds is 6. The minimum atomic E-state index is -0.399. The molecule has 7 heteroatoms. The Hall–Kier alpha value is -1.50. The summed E-state index contributed by atoms with van der Waals surface area (Å²) in [5.41, 5.74) is 0.0319. The summed E-state index contributed by atoms with van der Waals surface area (Å²) in [6, 6.07) is 3.27. The standard InChI is InChI=1S/C11H18N4O2S/c1-8(7-18-4)14(3)11-9(15(16)17)5-6-10(12-2)13-11/h5-6,8H,7H2,1-4H3,(H,12,13). The van der Waals surface area contributed by atoms with Crippen molar-refractivity contribution in [2.75, 3.05) is 36.3 Å². The maximum atomic E-state index is 11.0. The van der Waals surface area contributed by atoms with Crippen LogP contribution in [-0.4, -0.2) is 42.1 Å². The highest BCUT2D eigenvalue weighted by molar-refractivity contribution is 7.98. The molecule has 0 spiro atoms. The van der Waals surface area contributed by atoms with Crippen molar-refractivity contribution in [3.8, 4) is 0 Å². The molecule has 1 unspecified atom stereocenters. The first kappa shape index (κ1) is 14.6. The highest BCUT2D eigenvalue weighted by Crippen LogP contribution is 2.28. The fraction of sp³-hybridized carbons (Fsp3) is 0.545. The molecule has 0 saturated heterocycles. The number of aromatic nitrogens is 1. The normalized spacial score (nSPS) is 12.0. The predicted molar refractivity (Wildman–Crippen MR) is 76.7 cm³/mol. The van der Waals surface area contributed by atoms with Gasteiger partial charge in [-0.25, -0.2) is 4.98 Å². The maximum Gasteiger partial charge on any atom is 0.311 e. The van der Waals surface area contributed by atoms with E-state index in [1.165, 1.54) is 6.07 Å². The van der Waals surface area contributed by atoms with Gasteiger partial charge < -0.3 is 10.2 Å². The zero-order chi connectivity index (χ0) is 13.7. The van der Waals surface area contributed by atoms with Gasteiger partial charge in [-0.3, -0.25) is 10.1 Å². The second-order valence-corrected chi connectivity index (χ2v) is 4.87. The number of hydrogen-bond donors (Lipinski definition) is 1. The lowest BCUT2D eigenvalue weighted by molar-refractivity contribution is -0.384.